The second-order valence-electron chi connectivity index (χ2n) is 7.23. The van der Waals surface area contributed by atoms with Crippen LogP contribution in [0.15, 0.2) is 48.7 Å². The van der Waals surface area contributed by atoms with Gasteiger partial charge in [-0.3, -0.25) is 4.79 Å². The van der Waals surface area contributed by atoms with E-state index < -0.39 is 29.7 Å². The maximum Gasteiger partial charge on any atom is 0.272 e. The van der Waals surface area contributed by atoms with Gasteiger partial charge in [0.15, 0.2) is 5.69 Å². The van der Waals surface area contributed by atoms with Gasteiger partial charge in [0.25, 0.3) is 5.91 Å². The summed E-state index contributed by atoms with van der Waals surface area (Å²) < 4.78 is 34.9. The van der Waals surface area contributed by atoms with E-state index in [0.29, 0.717) is 12.1 Å². The number of carbonyl (C=O) groups is 1. The minimum Gasteiger partial charge on any atom is -0.390 e. The third kappa shape index (κ3) is 6.88. The molecule has 1 amide bonds. The van der Waals surface area contributed by atoms with Crippen molar-refractivity contribution in [2.75, 3.05) is 6.54 Å². The van der Waals surface area contributed by atoms with Crippen LogP contribution in [0.1, 0.15) is 34.1 Å². The molecule has 0 saturated carbocycles. The van der Waals surface area contributed by atoms with E-state index in [4.69, 9.17) is 0 Å². The zero-order valence-corrected chi connectivity index (χ0v) is 17.8. The Morgan fingerprint density at radius 3 is 2.55 bits per heavy atom. The summed E-state index contributed by atoms with van der Waals surface area (Å²) in [7, 11) is 0. The molecule has 1 aromatic heterocycles. The number of benzene rings is 2. The van der Waals surface area contributed by atoms with E-state index >= 15 is 0 Å². The summed E-state index contributed by atoms with van der Waals surface area (Å²) >= 11 is 0.891. The van der Waals surface area contributed by atoms with Crippen LogP contribution in [0.4, 0.5) is 8.78 Å². The molecule has 164 valence electrons. The molecule has 0 aliphatic heterocycles. The van der Waals surface area contributed by atoms with Gasteiger partial charge in [0.2, 0.25) is 0 Å². The van der Waals surface area contributed by atoms with Gasteiger partial charge >= 0.3 is 0 Å². The third-order valence-corrected chi connectivity index (χ3v) is 5.31. The number of aliphatic hydroxyl groups is 1. The largest absolute Gasteiger partial charge is 0.390 e. The van der Waals surface area contributed by atoms with Gasteiger partial charge in [0.1, 0.15) is 11.6 Å². The average Bonchev–Trinajstić information content (AvgIpc) is 3.28. The molecule has 3 rings (SSSR count). The Hall–Kier alpha value is -2.75. The normalized spacial score (nSPS) is 13.0. The van der Waals surface area contributed by atoms with Crippen molar-refractivity contribution >= 4 is 17.6 Å². The van der Waals surface area contributed by atoms with Crippen LogP contribution in [0.2, 0.25) is 0 Å². The fraction of sp³-hybridized carbons (Fsp3) is 0.318. The predicted molar refractivity (Wildman–Crippen MR) is 115 cm³/mol. The van der Waals surface area contributed by atoms with Crippen LogP contribution >= 0.6 is 11.7 Å². The second kappa shape index (κ2) is 11.0. The first-order chi connectivity index (χ1) is 14.9. The molecule has 0 aliphatic carbocycles. The fourth-order valence-corrected chi connectivity index (χ4v) is 3.65. The molecule has 0 aliphatic rings. The molecule has 0 radical (unpaired) electrons. The maximum absolute atomic E-state index is 13.6. The summed E-state index contributed by atoms with van der Waals surface area (Å²) in [6.07, 6.45) is 1.30. The van der Waals surface area contributed by atoms with Crippen molar-refractivity contribution in [1.29, 1.82) is 0 Å². The summed E-state index contributed by atoms with van der Waals surface area (Å²) in [6.45, 7) is 2.79. The molecular formula is C22H24F2N4O2S. The van der Waals surface area contributed by atoms with Crippen LogP contribution in [0.5, 0.6) is 0 Å². The van der Waals surface area contributed by atoms with Crippen molar-refractivity contribution in [1.82, 2.24) is 19.4 Å². The second-order valence-corrected chi connectivity index (χ2v) is 7.78. The molecule has 2 aromatic carbocycles. The number of hydrogen-bond donors (Lipinski definition) is 3. The highest BCUT2D eigenvalue weighted by atomic mass is 32.1. The minimum absolute atomic E-state index is 0.0478. The van der Waals surface area contributed by atoms with Gasteiger partial charge < -0.3 is 15.7 Å². The molecule has 2 atom stereocenters. The van der Waals surface area contributed by atoms with Crippen molar-refractivity contribution < 1.29 is 18.7 Å². The molecular weight excluding hydrogens is 422 g/mol. The fourth-order valence-electron chi connectivity index (χ4n) is 3.24. The van der Waals surface area contributed by atoms with Crippen LogP contribution in [-0.4, -0.2) is 38.5 Å². The highest BCUT2D eigenvalue weighted by molar-refractivity contribution is 6.99. The van der Waals surface area contributed by atoms with Crippen molar-refractivity contribution in [3.63, 3.8) is 0 Å². The summed E-state index contributed by atoms with van der Waals surface area (Å²) in [4.78, 5) is 12.4. The number of nitrogens with one attached hydrogen (secondary N) is 2. The first-order valence-corrected chi connectivity index (χ1v) is 10.7. The van der Waals surface area contributed by atoms with Gasteiger partial charge in [0.05, 0.1) is 30.1 Å². The quantitative estimate of drug-likeness (QED) is 0.446. The molecule has 0 spiro atoms. The molecule has 3 N–H and O–H groups in total. The summed E-state index contributed by atoms with van der Waals surface area (Å²) in [5.41, 5.74) is 2.74. The van der Waals surface area contributed by atoms with Gasteiger partial charge in [-0.2, -0.15) is 8.75 Å². The van der Waals surface area contributed by atoms with E-state index in [2.05, 4.69) is 38.4 Å². The molecule has 0 bridgehead atoms. The predicted octanol–water partition coefficient (Wildman–Crippen LogP) is 2.87. The molecule has 0 saturated heterocycles. The average molecular weight is 447 g/mol. The Labute approximate surface area is 183 Å². The summed E-state index contributed by atoms with van der Waals surface area (Å²) in [5, 5.41) is 16.6. The van der Waals surface area contributed by atoms with Crippen molar-refractivity contribution in [2.45, 2.75) is 38.5 Å². The molecule has 9 heteroatoms. The highest BCUT2D eigenvalue weighted by Gasteiger charge is 2.24. The number of carbonyl (C=O) groups excluding carboxylic acids is 1. The van der Waals surface area contributed by atoms with Crippen LogP contribution in [-0.2, 0) is 19.4 Å². The monoisotopic (exact) mass is 446 g/mol. The van der Waals surface area contributed by atoms with Crippen LogP contribution in [0.25, 0.3) is 0 Å². The smallest absolute Gasteiger partial charge is 0.272 e. The highest BCUT2D eigenvalue weighted by Crippen LogP contribution is 2.13. The zero-order valence-electron chi connectivity index (χ0n) is 17.0. The van der Waals surface area contributed by atoms with Gasteiger partial charge in [-0.15, -0.1) is 0 Å². The van der Waals surface area contributed by atoms with Gasteiger partial charge in [-0.05, 0) is 41.7 Å². The number of nitrogens with zero attached hydrogens (tertiary/aromatic N) is 2. The molecule has 31 heavy (non-hydrogen) atoms. The Kier molecular flexibility index (Phi) is 8.16. The lowest BCUT2D eigenvalue weighted by Gasteiger charge is -2.24. The van der Waals surface area contributed by atoms with Gasteiger partial charge in [0, 0.05) is 19.2 Å². The van der Waals surface area contributed by atoms with Crippen LogP contribution < -0.4 is 10.6 Å². The van der Waals surface area contributed by atoms with Gasteiger partial charge in [-0.1, -0.05) is 31.2 Å². The standard InChI is InChI=1S/C22H24F2N4O2S/c1-2-14-4-3-5-15(6-14)11-25-13-21(29)19(27-22(30)20-12-26-31-28-20)9-16-7-17(23)10-18(24)8-16/h3-8,10,12,19,21,25,29H,2,9,11,13H2,1H3,(H,27,30)/t19-,21+/m1/s1. The number of aryl methyl sites for hydroxylation is 1. The van der Waals surface area contributed by atoms with E-state index in [0.717, 1.165) is 29.8 Å². The minimum atomic E-state index is -1.00. The number of rotatable bonds is 10. The number of amides is 1. The Morgan fingerprint density at radius 1 is 1.13 bits per heavy atom. The van der Waals surface area contributed by atoms with E-state index in [9.17, 15) is 18.7 Å². The van der Waals surface area contributed by atoms with Crippen molar-refractivity contribution in [2.24, 2.45) is 0 Å². The number of aromatic nitrogens is 2. The number of halogens is 2. The SMILES string of the molecule is CCc1cccc(CNC[C@H](O)[C@@H](Cc2cc(F)cc(F)c2)NC(=O)c2cnsn2)c1. The maximum atomic E-state index is 13.6. The number of hydrogen-bond acceptors (Lipinski definition) is 6. The van der Waals surface area contributed by atoms with E-state index in [1.807, 2.05) is 12.1 Å². The molecule has 0 unspecified atom stereocenters. The third-order valence-electron chi connectivity index (χ3n) is 4.84. The first-order valence-electron chi connectivity index (χ1n) is 9.94. The van der Waals surface area contributed by atoms with E-state index in [1.54, 1.807) is 0 Å². The summed E-state index contributed by atoms with van der Waals surface area (Å²) in [5.74, 6) is -1.94. The van der Waals surface area contributed by atoms with Crippen molar-refractivity contribution in [3.05, 3.63) is 82.7 Å². The van der Waals surface area contributed by atoms with Gasteiger partial charge in [-0.25, -0.2) is 8.78 Å². The molecule has 6 nitrogen and oxygen atoms in total. The molecule has 3 aromatic rings. The molecule has 1 heterocycles. The lowest BCUT2D eigenvalue weighted by molar-refractivity contribution is 0.0826. The first kappa shape index (κ1) is 22.9. The lowest BCUT2D eigenvalue weighted by Crippen LogP contribution is -2.48. The van der Waals surface area contributed by atoms with Crippen molar-refractivity contribution in [3.8, 4) is 0 Å². The Morgan fingerprint density at radius 2 is 1.87 bits per heavy atom. The Bertz CT molecular complexity index is 981. The Balaban J connectivity index is 1.67. The van der Waals surface area contributed by atoms with Crippen LogP contribution in [0, 0.1) is 11.6 Å². The topological polar surface area (TPSA) is 87.1 Å². The zero-order chi connectivity index (χ0) is 22.2. The van der Waals surface area contributed by atoms with Crippen LogP contribution in [0.3, 0.4) is 0 Å². The van der Waals surface area contributed by atoms with E-state index in [-0.39, 0.29) is 18.7 Å². The molecule has 0 fully saturated rings. The van der Waals surface area contributed by atoms with E-state index in [1.165, 1.54) is 23.9 Å². The number of aliphatic hydroxyl groups excluding tert-OH is 1. The lowest BCUT2D eigenvalue weighted by atomic mass is 10.00. The summed E-state index contributed by atoms with van der Waals surface area (Å²) in [6, 6.07) is 10.5.